The van der Waals surface area contributed by atoms with Crippen molar-refractivity contribution >= 4 is 11.7 Å². The number of rotatable bonds is 5. The fourth-order valence-electron chi connectivity index (χ4n) is 3.43. The topological polar surface area (TPSA) is 54.5 Å². The molecule has 0 bridgehead atoms. The Balaban J connectivity index is 1.37. The summed E-state index contributed by atoms with van der Waals surface area (Å²) in [5.74, 6) is 1.58. The molecule has 1 aliphatic heterocycles. The van der Waals surface area contributed by atoms with E-state index in [1.807, 2.05) is 36.4 Å². The van der Waals surface area contributed by atoms with Gasteiger partial charge in [0.05, 0.1) is 12.7 Å². The van der Waals surface area contributed by atoms with Gasteiger partial charge in [0.25, 0.3) is 5.91 Å². The minimum atomic E-state index is -0.126. The average Bonchev–Trinajstić information content (AvgIpc) is 2.77. The lowest BCUT2D eigenvalue weighted by Crippen LogP contribution is -2.31. The maximum atomic E-state index is 12.4. The third kappa shape index (κ3) is 3.98. The molecule has 0 radical (unpaired) electrons. The van der Waals surface area contributed by atoms with Crippen molar-refractivity contribution in [3.63, 3.8) is 0 Å². The van der Waals surface area contributed by atoms with Crippen molar-refractivity contribution in [3.8, 4) is 5.75 Å². The van der Waals surface area contributed by atoms with Crippen molar-refractivity contribution in [1.82, 2.24) is 10.3 Å². The first-order valence-corrected chi connectivity index (χ1v) is 9.42. The molecule has 0 atom stereocenters. The number of nitrogens with zero attached hydrogens (tertiary/aromatic N) is 2. The zero-order valence-corrected chi connectivity index (χ0v) is 15.9. The molecule has 0 spiro atoms. The van der Waals surface area contributed by atoms with E-state index in [-0.39, 0.29) is 5.91 Å². The van der Waals surface area contributed by atoms with Gasteiger partial charge in [-0.1, -0.05) is 36.4 Å². The van der Waals surface area contributed by atoms with E-state index in [2.05, 4.69) is 39.5 Å². The Hall–Kier alpha value is -3.34. The number of hydrogen-bond donors (Lipinski definition) is 1. The maximum absolute atomic E-state index is 12.4. The number of anilines is 1. The third-order valence-electron chi connectivity index (χ3n) is 5.08. The molecule has 0 unspecified atom stereocenters. The van der Waals surface area contributed by atoms with Gasteiger partial charge in [-0.25, -0.2) is 4.98 Å². The molecule has 1 aromatic heterocycles. The molecular weight excluding hydrogens is 350 g/mol. The highest BCUT2D eigenvalue weighted by molar-refractivity contribution is 5.94. The lowest BCUT2D eigenvalue weighted by molar-refractivity contribution is 0.0950. The standard InChI is InChI=1S/C23H23N3O2/c1-28-21-9-6-17(7-10-21)14-25-23(27)19-8-11-22(24-15-19)26-13-12-18-4-2-3-5-20(18)16-26/h2-11,15H,12-14,16H2,1H3,(H,25,27). The first-order valence-electron chi connectivity index (χ1n) is 9.42. The van der Waals surface area contributed by atoms with Crippen molar-refractivity contribution in [2.45, 2.75) is 19.5 Å². The summed E-state index contributed by atoms with van der Waals surface area (Å²) in [5, 5.41) is 2.93. The fourth-order valence-corrected chi connectivity index (χ4v) is 3.43. The molecule has 28 heavy (non-hydrogen) atoms. The Morgan fingerprint density at radius 1 is 1.07 bits per heavy atom. The van der Waals surface area contributed by atoms with Crippen LogP contribution in [0.1, 0.15) is 27.0 Å². The average molecular weight is 373 g/mol. The van der Waals surface area contributed by atoms with Gasteiger partial charge in [0.2, 0.25) is 0 Å². The number of fused-ring (bicyclic) bond motifs is 1. The zero-order valence-electron chi connectivity index (χ0n) is 15.9. The highest BCUT2D eigenvalue weighted by Crippen LogP contribution is 2.23. The summed E-state index contributed by atoms with van der Waals surface area (Å²) in [6, 6.07) is 19.9. The first kappa shape index (κ1) is 18.0. The second-order valence-electron chi connectivity index (χ2n) is 6.88. The second kappa shape index (κ2) is 8.13. The molecule has 5 heteroatoms. The van der Waals surface area contributed by atoms with Crippen LogP contribution in [0.3, 0.4) is 0 Å². The van der Waals surface area contributed by atoms with Crippen molar-refractivity contribution < 1.29 is 9.53 Å². The van der Waals surface area contributed by atoms with E-state index in [1.165, 1.54) is 11.1 Å². The molecule has 142 valence electrons. The molecule has 0 saturated carbocycles. The van der Waals surface area contributed by atoms with Crippen molar-refractivity contribution in [3.05, 3.63) is 89.1 Å². The van der Waals surface area contributed by atoms with Crippen molar-refractivity contribution in [2.24, 2.45) is 0 Å². The molecule has 2 heterocycles. The minimum absolute atomic E-state index is 0.126. The van der Waals surface area contributed by atoms with E-state index >= 15 is 0 Å². The number of ether oxygens (including phenoxy) is 1. The van der Waals surface area contributed by atoms with Gasteiger partial charge in [-0.3, -0.25) is 4.79 Å². The predicted molar refractivity (Wildman–Crippen MR) is 110 cm³/mol. The Labute approximate surface area is 165 Å². The van der Waals surface area contributed by atoms with Gasteiger partial charge >= 0.3 is 0 Å². The molecule has 3 aromatic rings. The Kier molecular flexibility index (Phi) is 5.24. The van der Waals surface area contributed by atoms with Gasteiger partial charge in [0, 0.05) is 25.8 Å². The van der Waals surface area contributed by atoms with Crippen molar-refractivity contribution in [2.75, 3.05) is 18.6 Å². The van der Waals surface area contributed by atoms with Gasteiger partial charge in [0.15, 0.2) is 0 Å². The number of methoxy groups -OCH3 is 1. The summed E-state index contributed by atoms with van der Waals surface area (Å²) in [6.07, 6.45) is 2.67. The van der Waals surface area contributed by atoms with Crippen LogP contribution >= 0.6 is 0 Å². The molecular formula is C23H23N3O2. The molecule has 0 saturated heterocycles. The van der Waals surface area contributed by atoms with Crippen LogP contribution in [-0.2, 0) is 19.5 Å². The first-order chi connectivity index (χ1) is 13.7. The Morgan fingerprint density at radius 3 is 2.57 bits per heavy atom. The molecule has 5 nitrogen and oxygen atoms in total. The number of carbonyl (C=O) groups is 1. The number of amides is 1. The van der Waals surface area contributed by atoms with E-state index in [0.29, 0.717) is 12.1 Å². The van der Waals surface area contributed by atoms with E-state index in [9.17, 15) is 4.79 Å². The highest BCUT2D eigenvalue weighted by Gasteiger charge is 2.17. The van der Waals surface area contributed by atoms with Crippen LogP contribution in [0, 0.1) is 0 Å². The molecule has 0 aliphatic carbocycles. The molecule has 1 amide bonds. The van der Waals surface area contributed by atoms with E-state index in [1.54, 1.807) is 13.3 Å². The van der Waals surface area contributed by atoms with E-state index in [4.69, 9.17) is 4.74 Å². The molecule has 2 aromatic carbocycles. The third-order valence-corrected chi connectivity index (χ3v) is 5.08. The zero-order chi connectivity index (χ0) is 19.3. The lowest BCUT2D eigenvalue weighted by Gasteiger charge is -2.29. The Morgan fingerprint density at radius 2 is 1.86 bits per heavy atom. The molecule has 1 N–H and O–H groups in total. The van der Waals surface area contributed by atoms with Gasteiger partial charge in [-0.2, -0.15) is 0 Å². The maximum Gasteiger partial charge on any atom is 0.253 e. The predicted octanol–water partition coefficient (Wildman–Crippen LogP) is 3.58. The van der Waals surface area contributed by atoms with Gasteiger partial charge in [-0.15, -0.1) is 0 Å². The van der Waals surface area contributed by atoms with Gasteiger partial charge in [0.1, 0.15) is 11.6 Å². The SMILES string of the molecule is COc1ccc(CNC(=O)c2ccc(N3CCc4ccccc4C3)nc2)cc1. The summed E-state index contributed by atoms with van der Waals surface area (Å²) in [4.78, 5) is 19.2. The van der Waals surface area contributed by atoms with Crippen LogP contribution in [0.25, 0.3) is 0 Å². The number of carbonyl (C=O) groups excluding carboxylic acids is 1. The highest BCUT2D eigenvalue weighted by atomic mass is 16.5. The van der Waals surface area contributed by atoms with Crippen LogP contribution in [0.5, 0.6) is 5.75 Å². The minimum Gasteiger partial charge on any atom is -0.497 e. The second-order valence-corrected chi connectivity index (χ2v) is 6.88. The summed E-state index contributed by atoms with van der Waals surface area (Å²) in [6.45, 7) is 2.26. The molecule has 1 aliphatic rings. The van der Waals surface area contributed by atoms with Crippen LogP contribution in [0.15, 0.2) is 66.9 Å². The summed E-state index contributed by atoms with van der Waals surface area (Å²) < 4.78 is 5.15. The van der Waals surface area contributed by atoms with Crippen LogP contribution in [0.4, 0.5) is 5.82 Å². The summed E-state index contributed by atoms with van der Waals surface area (Å²) >= 11 is 0. The number of nitrogens with one attached hydrogen (secondary N) is 1. The Bertz CT molecular complexity index is 952. The number of hydrogen-bond acceptors (Lipinski definition) is 4. The largest absolute Gasteiger partial charge is 0.497 e. The fraction of sp³-hybridized carbons (Fsp3) is 0.217. The van der Waals surface area contributed by atoms with Gasteiger partial charge in [-0.05, 0) is 47.4 Å². The van der Waals surface area contributed by atoms with E-state index < -0.39 is 0 Å². The van der Waals surface area contributed by atoms with Crippen LogP contribution in [0.2, 0.25) is 0 Å². The van der Waals surface area contributed by atoms with E-state index in [0.717, 1.165) is 36.6 Å². The van der Waals surface area contributed by atoms with Crippen molar-refractivity contribution in [1.29, 1.82) is 0 Å². The smallest absolute Gasteiger partial charge is 0.253 e. The quantitative estimate of drug-likeness (QED) is 0.743. The lowest BCUT2D eigenvalue weighted by atomic mass is 10.00. The summed E-state index contributed by atoms with van der Waals surface area (Å²) in [5.41, 5.74) is 4.34. The monoisotopic (exact) mass is 373 g/mol. The number of aromatic nitrogens is 1. The van der Waals surface area contributed by atoms with Crippen LogP contribution in [-0.4, -0.2) is 24.5 Å². The number of benzene rings is 2. The normalized spacial score (nSPS) is 13.0. The summed E-state index contributed by atoms with van der Waals surface area (Å²) in [7, 11) is 1.64. The molecule has 0 fully saturated rings. The van der Waals surface area contributed by atoms with Crippen LogP contribution < -0.4 is 15.0 Å². The number of pyridine rings is 1. The molecule has 4 rings (SSSR count). The van der Waals surface area contributed by atoms with Gasteiger partial charge < -0.3 is 15.0 Å².